The number of aliphatic carboxylic acids is 1. The molecule has 2 aromatic rings. The molecule has 7 heteroatoms. The molecule has 2 bridgehead atoms. The Balaban J connectivity index is 1.43. The summed E-state index contributed by atoms with van der Waals surface area (Å²) in [7, 11) is 0. The first-order chi connectivity index (χ1) is 13.5. The monoisotopic (exact) mass is 381 g/mol. The van der Waals surface area contributed by atoms with E-state index >= 15 is 0 Å². The van der Waals surface area contributed by atoms with Crippen LogP contribution < -0.4 is 10.9 Å². The summed E-state index contributed by atoms with van der Waals surface area (Å²) >= 11 is 0. The lowest BCUT2D eigenvalue weighted by Crippen LogP contribution is -2.55. The minimum Gasteiger partial charge on any atom is -0.481 e. The van der Waals surface area contributed by atoms with Gasteiger partial charge in [-0.15, -0.1) is 0 Å². The number of nitrogens with zero attached hydrogens (tertiary/aromatic N) is 1. The van der Waals surface area contributed by atoms with Crippen molar-refractivity contribution in [2.45, 2.75) is 38.5 Å². The third-order valence-electron chi connectivity index (χ3n) is 6.50. The van der Waals surface area contributed by atoms with Crippen molar-refractivity contribution in [1.82, 2.24) is 15.4 Å². The molecule has 28 heavy (non-hydrogen) atoms. The molecule has 2 amide bonds. The first-order valence-electron chi connectivity index (χ1n) is 9.52. The number of amides is 2. The number of benzene rings is 1. The molecule has 1 aromatic heterocycles. The first-order valence-corrected chi connectivity index (χ1v) is 9.52. The fraction of sp³-hybridized carbons (Fsp3) is 0.381. The van der Waals surface area contributed by atoms with Crippen LogP contribution >= 0.6 is 0 Å². The lowest BCUT2D eigenvalue weighted by Gasteiger charge is -2.50. The molecule has 5 rings (SSSR count). The number of hydrogen-bond acceptors (Lipinski definition) is 3. The third kappa shape index (κ3) is 2.96. The quantitative estimate of drug-likeness (QED) is 0.709. The van der Waals surface area contributed by atoms with Crippen LogP contribution in [0.3, 0.4) is 0 Å². The average Bonchev–Trinajstić information content (AvgIpc) is 3.27. The van der Waals surface area contributed by atoms with E-state index in [-0.39, 0.29) is 11.8 Å². The van der Waals surface area contributed by atoms with Gasteiger partial charge in [-0.2, -0.15) is 0 Å². The number of para-hydroxylation sites is 1. The van der Waals surface area contributed by atoms with Gasteiger partial charge >= 0.3 is 5.97 Å². The summed E-state index contributed by atoms with van der Waals surface area (Å²) in [6.45, 7) is 0. The maximum atomic E-state index is 12.8. The topological polar surface area (TPSA) is 100 Å². The van der Waals surface area contributed by atoms with E-state index in [1.807, 2.05) is 41.2 Å². The van der Waals surface area contributed by atoms with Crippen molar-refractivity contribution >= 4 is 17.8 Å². The van der Waals surface area contributed by atoms with Gasteiger partial charge in [0.25, 0.3) is 5.91 Å². The van der Waals surface area contributed by atoms with Crippen LogP contribution in [0.25, 0.3) is 5.69 Å². The lowest BCUT2D eigenvalue weighted by atomic mass is 9.53. The second kappa shape index (κ2) is 6.82. The molecule has 7 nitrogen and oxygen atoms in total. The van der Waals surface area contributed by atoms with Crippen LogP contribution in [0.1, 0.15) is 48.9 Å². The van der Waals surface area contributed by atoms with E-state index in [0.717, 1.165) is 5.69 Å². The summed E-state index contributed by atoms with van der Waals surface area (Å²) in [6, 6.07) is 10.9. The molecule has 3 aliphatic carbocycles. The predicted molar refractivity (Wildman–Crippen MR) is 102 cm³/mol. The summed E-state index contributed by atoms with van der Waals surface area (Å²) in [5.74, 6) is -1.37. The molecule has 146 valence electrons. The number of carbonyl (C=O) groups excluding carboxylic acids is 2. The number of nitrogens with one attached hydrogen (secondary N) is 2. The van der Waals surface area contributed by atoms with Crippen LogP contribution in [-0.2, 0) is 9.59 Å². The lowest BCUT2D eigenvalue weighted by molar-refractivity contribution is -0.163. The smallest absolute Gasteiger partial charge is 0.309 e. The summed E-state index contributed by atoms with van der Waals surface area (Å²) in [4.78, 5) is 37.0. The zero-order valence-corrected chi connectivity index (χ0v) is 15.5. The standard InChI is InChI=1S/C21H23N3O4/c25-17(15-5-1-2-6-16(15)24-13-3-4-14-24)22-23-18(26)20-7-10-21(11-8-20,12-9-20)19(27)28/h1-6,13-14H,7-12H2,(H,22,25)(H,23,26)(H,27,28). The van der Waals surface area contributed by atoms with Gasteiger partial charge in [-0.3, -0.25) is 25.2 Å². The minimum atomic E-state index is -0.754. The van der Waals surface area contributed by atoms with E-state index in [1.165, 1.54) is 0 Å². The highest BCUT2D eigenvalue weighted by Crippen LogP contribution is 2.57. The van der Waals surface area contributed by atoms with Crippen molar-refractivity contribution in [1.29, 1.82) is 0 Å². The second-order valence-corrected chi connectivity index (χ2v) is 7.88. The van der Waals surface area contributed by atoms with Gasteiger partial charge in [0.05, 0.1) is 22.1 Å². The number of hydrazine groups is 1. The number of carboxylic acid groups (broad SMARTS) is 1. The summed E-state index contributed by atoms with van der Waals surface area (Å²) < 4.78 is 1.84. The minimum absolute atomic E-state index is 0.224. The predicted octanol–water partition coefficient (Wildman–Crippen LogP) is 2.66. The van der Waals surface area contributed by atoms with Gasteiger partial charge in [0.2, 0.25) is 5.91 Å². The highest BCUT2D eigenvalue weighted by molar-refractivity contribution is 5.99. The molecule has 0 spiro atoms. The van der Waals surface area contributed by atoms with Crippen LogP contribution in [0.5, 0.6) is 0 Å². The van der Waals surface area contributed by atoms with E-state index in [4.69, 9.17) is 0 Å². The molecule has 3 N–H and O–H groups in total. The highest BCUT2D eigenvalue weighted by atomic mass is 16.4. The Morgan fingerprint density at radius 1 is 0.821 bits per heavy atom. The van der Waals surface area contributed by atoms with Gasteiger partial charge in [0.15, 0.2) is 0 Å². The van der Waals surface area contributed by atoms with Gasteiger partial charge in [0, 0.05) is 12.4 Å². The normalized spacial score (nSPS) is 25.9. The molecular formula is C21H23N3O4. The van der Waals surface area contributed by atoms with Gasteiger partial charge in [-0.05, 0) is 62.8 Å². The molecule has 0 atom stereocenters. The molecular weight excluding hydrogens is 358 g/mol. The molecule has 0 radical (unpaired) electrons. The van der Waals surface area contributed by atoms with Crippen LogP contribution in [0.4, 0.5) is 0 Å². The number of rotatable bonds is 4. The Morgan fingerprint density at radius 2 is 1.39 bits per heavy atom. The number of aromatic nitrogens is 1. The molecule has 1 aromatic carbocycles. The van der Waals surface area contributed by atoms with E-state index in [1.54, 1.807) is 12.1 Å². The van der Waals surface area contributed by atoms with Crippen LogP contribution in [0.2, 0.25) is 0 Å². The van der Waals surface area contributed by atoms with Crippen molar-refractivity contribution < 1.29 is 19.5 Å². The van der Waals surface area contributed by atoms with E-state index in [0.29, 0.717) is 44.1 Å². The Morgan fingerprint density at radius 3 is 2.00 bits per heavy atom. The van der Waals surface area contributed by atoms with Gasteiger partial charge < -0.3 is 9.67 Å². The van der Waals surface area contributed by atoms with Gasteiger partial charge in [-0.25, -0.2) is 0 Å². The zero-order chi connectivity index (χ0) is 19.8. The molecule has 3 aliphatic rings. The van der Waals surface area contributed by atoms with Crippen LogP contribution in [0.15, 0.2) is 48.8 Å². The van der Waals surface area contributed by atoms with Crippen molar-refractivity contribution in [3.63, 3.8) is 0 Å². The van der Waals surface area contributed by atoms with Crippen LogP contribution in [0, 0.1) is 10.8 Å². The number of carbonyl (C=O) groups is 3. The summed E-state index contributed by atoms with van der Waals surface area (Å²) in [5.41, 5.74) is 5.05. The molecule has 0 unspecified atom stereocenters. The Kier molecular flexibility index (Phi) is 4.45. The SMILES string of the molecule is O=C(NNC(=O)C12CCC(C(=O)O)(CC1)CC2)c1ccccc1-n1cccc1. The van der Waals surface area contributed by atoms with Crippen LogP contribution in [-0.4, -0.2) is 27.5 Å². The Bertz CT molecular complexity index is 895. The molecule has 3 saturated carbocycles. The van der Waals surface area contributed by atoms with E-state index in [2.05, 4.69) is 10.9 Å². The first kappa shape index (κ1) is 18.3. The Labute approximate surface area is 162 Å². The molecule has 1 heterocycles. The number of carboxylic acids is 1. The van der Waals surface area contributed by atoms with Crippen molar-refractivity contribution in [2.75, 3.05) is 0 Å². The van der Waals surface area contributed by atoms with Crippen molar-refractivity contribution in [3.05, 3.63) is 54.4 Å². The Hall–Kier alpha value is -3.09. The van der Waals surface area contributed by atoms with E-state index in [9.17, 15) is 19.5 Å². The molecule has 0 aliphatic heterocycles. The van der Waals surface area contributed by atoms with Gasteiger partial charge in [0.1, 0.15) is 0 Å². The third-order valence-corrected chi connectivity index (χ3v) is 6.50. The molecule has 3 fully saturated rings. The average molecular weight is 381 g/mol. The summed E-state index contributed by atoms with van der Waals surface area (Å²) in [6.07, 6.45) is 6.87. The van der Waals surface area contributed by atoms with Crippen molar-refractivity contribution in [3.8, 4) is 5.69 Å². The zero-order valence-electron chi connectivity index (χ0n) is 15.5. The van der Waals surface area contributed by atoms with Gasteiger partial charge in [-0.1, -0.05) is 12.1 Å². The fourth-order valence-electron chi connectivity index (χ4n) is 4.55. The number of fused-ring (bicyclic) bond motifs is 3. The molecule has 0 saturated heterocycles. The second-order valence-electron chi connectivity index (χ2n) is 7.88. The number of hydrogen-bond donors (Lipinski definition) is 3. The van der Waals surface area contributed by atoms with Crippen molar-refractivity contribution in [2.24, 2.45) is 10.8 Å². The summed E-state index contributed by atoms with van der Waals surface area (Å²) in [5, 5.41) is 9.48. The maximum absolute atomic E-state index is 12.8. The van der Waals surface area contributed by atoms with E-state index < -0.39 is 16.8 Å². The maximum Gasteiger partial charge on any atom is 0.309 e. The largest absolute Gasteiger partial charge is 0.481 e. The fourth-order valence-corrected chi connectivity index (χ4v) is 4.55. The highest BCUT2D eigenvalue weighted by Gasteiger charge is 2.55.